The van der Waals surface area contributed by atoms with Crippen LogP contribution in [-0.2, 0) is 11.3 Å². The predicted molar refractivity (Wildman–Crippen MR) is 89.3 cm³/mol. The summed E-state index contributed by atoms with van der Waals surface area (Å²) >= 11 is 0. The Hall–Kier alpha value is -3.69. The fourth-order valence-corrected chi connectivity index (χ4v) is 2.28. The van der Waals surface area contributed by atoms with Crippen molar-refractivity contribution in [2.45, 2.75) is 6.54 Å². The summed E-state index contributed by atoms with van der Waals surface area (Å²) in [5.74, 6) is -0.211. The van der Waals surface area contributed by atoms with Crippen LogP contribution < -0.4 is 4.74 Å². The minimum absolute atomic E-state index is 0.0131. The molecule has 0 aliphatic rings. The van der Waals surface area contributed by atoms with Crippen LogP contribution in [0.2, 0.25) is 0 Å². The van der Waals surface area contributed by atoms with Crippen molar-refractivity contribution in [1.82, 2.24) is 19.3 Å². The zero-order valence-corrected chi connectivity index (χ0v) is 13.8. The highest BCUT2D eigenvalue weighted by atomic mass is 16.6. The van der Waals surface area contributed by atoms with Crippen LogP contribution >= 0.6 is 0 Å². The van der Waals surface area contributed by atoms with Crippen LogP contribution in [0.1, 0.15) is 10.5 Å². The molecule has 2 heterocycles. The van der Waals surface area contributed by atoms with Gasteiger partial charge in [-0.1, -0.05) is 12.1 Å². The lowest BCUT2D eigenvalue weighted by atomic mass is 10.3. The molecule has 10 nitrogen and oxygen atoms in total. The van der Waals surface area contributed by atoms with Crippen molar-refractivity contribution >= 4 is 11.8 Å². The third kappa shape index (κ3) is 3.69. The molecule has 0 radical (unpaired) electrons. The minimum Gasteiger partial charge on any atom is -0.495 e. The first-order valence-electron chi connectivity index (χ1n) is 7.61. The molecule has 26 heavy (non-hydrogen) atoms. The zero-order valence-electron chi connectivity index (χ0n) is 13.8. The normalized spacial score (nSPS) is 10.5. The molecule has 1 aromatic carbocycles. The van der Waals surface area contributed by atoms with Gasteiger partial charge in [0.2, 0.25) is 0 Å². The SMILES string of the molecule is COc1ccccc1-n1cnc(C(=O)OCCn2ccc([N+](=O)[O-])n2)c1. The Bertz CT molecular complexity index is 933. The maximum Gasteiger partial charge on any atom is 0.389 e. The van der Waals surface area contributed by atoms with Crippen LogP contribution in [0.15, 0.2) is 49.1 Å². The second kappa shape index (κ2) is 7.47. The molecule has 0 fully saturated rings. The Morgan fingerprint density at radius 1 is 1.31 bits per heavy atom. The van der Waals surface area contributed by atoms with Gasteiger partial charge in [-0.2, -0.15) is 4.68 Å². The lowest BCUT2D eigenvalue weighted by Crippen LogP contribution is -2.12. The third-order valence-corrected chi connectivity index (χ3v) is 3.52. The third-order valence-electron chi connectivity index (χ3n) is 3.52. The van der Waals surface area contributed by atoms with Crippen LogP contribution in [0, 0.1) is 10.1 Å². The molecule has 0 N–H and O–H groups in total. The molecule has 3 aromatic rings. The summed E-state index contributed by atoms with van der Waals surface area (Å²) in [4.78, 5) is 26.1. The van der Waals surface area contributed by atoms with Crippen molar-refractivity contribution in [3.63, 3.8) is 0 Å². The fourth-order valence-electron chi connectivity index (χ4n) is 2.28. The van der Waals surface area contributed by atoms with Gasteiger partial charge in [0.25, 0.3) is 0 Å². The number of benzene rings is 1. The predicted octanol–water partition coefficient (Wildman–Crippen LogP) is 1.84. The Morgan fingerprint density at radius 2 is 2.12 bits per heavy atom. The molecular weight excluding hydrogens is 342 g/mol. The lowest BCUT2D eigenvalue weighted by Gasteiger charge is -2.07. The monoisotopic (exact) mass is 357 g/mol. The molecule has 0 amide bonds. The van der Waals surface area contributed by atoms with Crippen LogP contribution in [0.3, 0.4) is 0 Å². The average Bonchev–Trinajstić information content (AvgIpc) is 3.31. The molecule has 0 unspecified atom stereocenters. The van der Waals surface area contributed by atoms with Gasteiger partial charge in [0.1, 0.15) is 18.7 Å². The minimum atomic E-state index is -0.597. The van der Waals surface area contributed by atoms with Gasteiger partial charge in [-0.15, -0.1) is 0 Å². The summed E-state index contributed by atoms with van der Waals surface area (Å²) in [7, 11) is 1.56. The average molecular weight is 357 g/mol. The Morgan fingerprint density at radius 3 is 2.85 bits per heavy atom. The second-order valence-electron chi connectivity index (χ2n) is 5.17. The van der Waals surface area contributed by atoms with Crippen LogP contribution in [-0.4, -0.2) is 43.9 Å². The summed E-state index contributed by atoms with van der Waals surface area (Å²) in [5.41, 5.74) is 0.882. The topological polar surface area (TPSA) is 114 Å². The van der Waals surface area contributed by atoms with Crippen molar-refractivity contribution < 1.29 is 19.2 Å². The van der Waals surface area contributed by atoms with Crippen LogP contribution in [0.5, 0.6) is 5.75 Å². The van der Waals surface area contributed by atoms with E-state index in [1.807, 2.05) is 18.2 Å². The number of aromatic nitrogens is 4. The maximum atomic E-state index is 12.1. The van der Waals surface area contributed by atoms with E-state index >= 15 is 0 Å². The number of para-hydroxylation sites is 2. The van der Waals surface area contributed by atoms with E-state index in [2.05, 4.69) is 10.1 Å². The van der Waals surface area contributed by atoms with Crippen molar-refractivity contribution in [1.29, 1.82) is 0 Å². The number of ether oxygens (including phenoxy) is 2. The quantitative estimate of drug-likeness (QED) is 0.360. The number of imidazole rings is 1. The molecule has 10 heteroatoms. The summed E-state index contributed by atoms with van der Waals surface area (Å²) in [6.45, 7) is 0.214. The second-order valence-corrected chi connectivity index (χ2v) is 5.17. The highest BCUT2D eigenvalue weighted by Crippen LogP contribution is 2.22. The molecule has 0 spiro atoms. The molecule has 0 aliphatic carbocycles. The van der Waals surface area contributed by atoms with E-state index in [0.717, 1.165) is 5.69 Å². The number of hydrogen-bond donors (Lipinski definition) is 0. The summed E-state index contributed by atoms with van der Waals surface area (Å²) < 4.78 is 13.4. The number of carbonyl (C=O) groups is 1. The number of methoxy groups -OCH3 is 1. The number of carbonyl (C=O) groups excluding carboxylic acids is 1. The number of esters is 1. The standard InChI is InChI=1S/C16H15N5O5/c1-25-14-5-3-2-4-13(14)19-10-12(17-11-19)16(22)26-9-8-20-7-6-15(18-20)21(23)24/h2-7,10-11H,8-9H2,1H3. The van der Waals surface area contributed by atoms with E-state index in [9.17, 15) is 14.9 Å². The molecular formula is C16H15N5O5. The highest BCUT2D eigenvalue weighted by molar-refractivity contribution is 5.87. The molecule has 3 rings (SSSR count). The van der Waals surface area contributed by atoms with E-state index in [1.165, 1.54) is 23.3 Å². The number of nitrogens with zero attached hydrogens (tertiary/aromatic N) is 5. The van der Waals surface area contributed by atoms with E-state index in [-0.39, 0.29) is 24.7 Å². The van der Waals surface area contributed by atoms with Gasteiger partial charge in [0.05, 0.1) is 36.7 Å². The van der Waals surface area contributed by atoms with Crippen LogP contribution in [0.25, 0.3) is 5.69 Å². The first kappa shape index (κ1) is 17.1. The summed E-state index contributed by atoms with van der Waals surface area (Å²) in [6, 6.07) is 8.60. The maximum absolute atomic E-state index is 12.1. The molecule has 0 saturated carbocycles. The van der Waals surface area contributed by atoms with Gasteiger partial charge < -0.3 is 24.2 Å². The summed E-state index contributed by atoms with van der Waals surface area (Å²) in [6.07, 6.45) is 4.48. The smallest absolute Gasteiger partial charge is 0.389 e. The van der Waals surface area contributed by atoms with Crippen molar-refractivity contribution in [3.05, 3.63) is 64.9 Å². The first-order valence-corrected chi connectivity index (χ1v) is 7.61. The Kier molecular flexibility index (Phi) is 4.92. The Labute approximate surface area is 147 Å². The fraction of sp³-hybridized carbons (Fsp3) is 0.188. The van der Waals surface area contributed by atoms with Crippen molar-refractivity contribution in [2.75, 3.05) is 13.7 Å². The number of rotatable bonds is 7. The van der Waals surface area contributed by atoms with Gasteiger partial charge in [-0.05, 0) is 17.1 Å². The van der Waals surface area contributed by atoms with Gasteiger partial charge in [-0.3, -0.25) is 0 Å². The molecule has 2 aromatic heterocycles. The lowest BCUT2D eigenvalue weighted by molar-refractivity contribution is -0.389. The van der Waals surface area contributed by atoms with Gasteiger partial charge >= 0.3 is 11.8 Å². The van der Waals surface area contributed by atoms with Gasteiger partial charge in [-0.25, -0.2) is 9.78 Å². The Balaban J connectivity index is 1.60. The zero-order chi connectivity index (χ0) is 18.5. The molecule has 0 aliphatic heterocycles. The van der Waals surface area contributed by atoms with E-state index in [4.69, 9.17) is 9.47 Å². The molecule has 0 saturated heterocycles. The van der Waals surface area contributed by atoms with E-state index in [0.29, 0.717) is 5.75 Å². The molecule has 0 atom stereocenters. The molecule has 134 valence electrons. The van der Waals surface area contributed by atoms with E-state index < -0.39 is 10.9 Å². The van der Waals surface area contributed by atoms with E-state index in [1.54, 1.807) is 23.9 Å². The number of nitro groups is 1. The number of hydrogen-bond acceptors (Lipinski definition) is 7. The summed E-state index contributed by atoms with van der Waals surface area (Å²) in [5, 5.41) is 14.3. The van der Waals surface area contributed by atoms with Crippen LogP contribution in [0.4, 0.5) is 5.82 Å². The molecule has 0 bridgehead atoms. The first-order chi connectivity index (χ1) is 12.6. The largest absolute Gasteiger partial charge is 0.495 e. The van der Waals surface area contributed by atoms with Crippen molar-refractivity contribution in [2.24, 2.45) is 0 Å². The highest BCUT2D eigenvalue weighted by Gasteiger charge is 2.14. The van der Waals surface area contributed by atoms with Gasteiger partial charge in [0, 0.05) is 6.20 Å². The van der Waals surface area contributed by atoms with Crippen molar-refractivity contribution in [3.8, 4) is 11.4 Å². The van der Waals surface area contributed by atoms with Gasteiger partial charge in [0.15, 0.2) is 5.69 Å².